The van der Waals surface area contributed by atoms with Crippen LogP contribution in [-0.2, 0) is 32.8 Å². The van der Waals surface area contributed by atoms with Crippen molar-refractivity contribution < 1.29 is 61.5 Å². The molecule has 148 heavy (non-hydrogen) atoms. The Morgan fingerprint density at radius 1 is 0.385 bits per heavy atom. The number of likely N-dealkylation sites (N-methyl/N-ethyl adjacent to an activating group) is 4. The zero-order valence-corrected chi connectivity index (χ0v) is 85.0. The summed E-state index contributed by atoms with van der Waals surface area (Å²) >= 11 is 0. The van der Waals surface area contributed by atoms with Gasteiger partial charge in [0.2, 0.25) is 47.4 Å². The Labute approximate surface area is 856 Å². The smallest absolute Gasteiger partial charge is 0.247 e. The maximum absolute atomic E-state index is 13.2. The number of amides is 4. The van der Waals surface area contributed by atoms with Gasteiger partial charge in [-0.25, -0.2) is 48.8 Å². The molecule has 0 bridgehead atoms. The van der Waals surface area contributed by atoms with Crippen LogP contribution in [0.5, 0.6) is 46.0 Å². The van der Waals surface area contributed by atoms with Crippen molar-refractivity contribution in [2.24, 2.45) is 7.05 Å². The van der Waals surface area contributed by atoms with E-state index in [2.05, 4.69) is 119 Å². The molecule has 0 aliphatic carbocycles. The van der Waals surface area contributed by atoms with Crippen molar-refractivity contribution in [1.82, 2.24) is 93.6 Å². The number of fused-ring (bicyclic) bond motifs is 4. The van der Waals surface area contributed by atoms with E-state index in [9.17, 15) is 23.6 Å². The summed E-state index contributed by atoms with van der Waals surface area (Å²) in [4.78, 5) is 92.8. The van der Waals surface area contributed by atoms with Gasteiger partial charge in [0.15, 0.2) is 0 Å². The standard InChI is InChI=1S/C29H33FN6O3.C27H31N7O3.2C26H29N7O3/c1-5-28(37)32-23-17-24(26(38-6-2)18-27(23)39-16-15-35(3)4)34-29-31-13-11-22(33-29)21-19-36(14-12-30)25-10-8-7-9-20(21)25;1-6-25(35)29-20-16-21(23(36-7-2)17-24(20)37-15-14-33(3)4)31-27-28-13-12-19(30-27)26-18-10-8-9-11-22(18)34(5)32-26;1-5-25(34)29-20-15-21(23(35-6-2)16-24(20)36-14-13-32(3)4)31-26-27-11-10-19(30-26)18-17-28-33-12-8-7-9-22(18)33;1-5-24(34)28-20-15-21(22(35-6-2)16-23(20)36-14-13-33(3)4)30-26-27-12-11-19(29-26)25-17-9-7-8-10-18(17)31-32-25/h5,7-11,13,17-19H,1,6,12,14-16H2,2-4H3,(H,32,37)(H,31,33,34);6,8-13,16-17H,1,7,14-15H2,2-5H3,(H,29,35)(H,28,30,31);5,7-12,15-17H,1,6,13-14H2,2-4H3,(H,29,34)(H,27,30,31);5,7-12,15-16H,1,6,13-14H2,2-4H3,(H,28,34)(H,31,32)(H,27,29,30). The zero-order chi connectivity index (χ0) is 105. The Kier molecular flexibility index (Phi) is 38.5. The molecular formula is C108H122FN27O12. The van der Waals surface area contributed by atoms with Gasteiger partial charge in [-0.2, -0.15) is 15.3 Å². The molecule has 768 valence electrons. The maximum atomic E-state index is 13.2. The van der Waals surface area contributed by atoms with Crippen LogP contribution in [0, 0.1) is 0 Å². The lowest BCUT2D eigenvalue weighted by Gasteiger charge is -2.19. The number of aromatic nitrogens is 15. The molecule has 0 spiro atoms. The normalized spacial score (nSPS) is 10.9. The van der Waals surface area contributed by atoms with Crippen LogP contribution in [0.4, 0.5) is 73.7 Å². The number of anilines is 12. The number of halogens is 1. The number of nitrogens with one attached hydrogen (secondary N) is 9. The third-order valence-corrected chi connectivity index (χ3v) is 21.9. The fourth-order valence-corrected chi connectivity index (χ4v) is 14.8. The number of ether oxygens (including phenoxy) is 8. The molecule has 0 saturated heterocycles. The quantitative estimate of drug-likeness (QED) is 0.0160. The number of carbonyl (C=O) groups excluding carboxylic acids is 4. The SMILES string of the molecule is C=CC(=O)Nc1cc(Nc2nccc(-c3cn(CCF)c4ccccc34)n2)c(OCC)cc1OCCN(C)C.C=CC(=O)Nc1cc(Nc2nccc(-c3cnn4ccccc34)n2)c(OCC)cc1OCCN(C)C.C=CC(=O)Nc1cc(Nc2nccc(-c3n[nH]c4ccccc34)n2)c(OCC)cc1OCCN(C)C.C=CC(=O)Nc1cc(Nc2nccc(-c3nn(C)c4ccccc34)n2)c(OCC)cc1OCCN(C)C. The van der Waals surface area contributed by atoms with Gasteiger partial charge in [-0.3, -0.25) is 29.0 Å². The van der Waals surface area contributed by atoms with Crippen molar-refractivity contribution in [3.8, 4) is 91.3 Å². The first kappa shape index (κ1) is 108. The van der Waals surface area contributed by atoms with Gasteiger partial charge in [0.05, 0.1) is 124 Å². The van der Waals surface area contributed by atoms with Gasteiger partial charge in [-0.1, -0.05) is 87.0 Å². The Morgan fingerprint density at radius 3 is 1.11 bits per heavy atom. The van der Waals surface area contributed by atoms with Crippen molar-refractivity contribution in [3.05, 3.63) is 258 Å². The number of pyridine rings is 1. The number of alkyl halides is 1. The van der Waals surface area contributed by atoms with Gasteiger partial charge < -0.3 is 105 Å². The fourth-order valence-electron chi connectivity index (χ4n) is 14.8. The molecule has 7 aromatic carbocycles. The van der Waals surface area contributed by atoms with E-state index in [0.29, 0.717) is 211 Å². The molecule has 0 aliphatic rings. The predicted octanol–water partition coefficient (Wildman–Crippen LogP) is 17.7. The van der Waals surface area contributed by atoms with E-state index in [1.165, 1.54) is 24.3 Å². The highest BCUT2D eigenvalue weighted by Gasteiger charge is 2.25. The maximum Gasteiger partial charge on any atom is 0.247 e. The molecule has 16 aromatic rings. The largest absolute Gasteiger partial charge is 0.492 e. The van der Waals surface area contributed by atoms with Crippen molar-refractivity contribution in [2.75, 3.05) is 185 Å². The molecule has 0 radical (unpaired) electrons. The highest BCUT2D eigenvalue weighted by Crippen LogP contribution is 2.44. The Bertz CT molecular complexity index is 7100. The van der Waals surface area contributed by atoms with Crippen LogP contribution in [0.2, 0.25) is 0 Å². The minimum Gasteiger partial charge on any atom is -0.492 e. The Morgan fingerprint density at radius 2 is 0.723 bits per heavy atom. The molecule has 39 nitrogen and oxygen atoms in total. The van der Waals surface area contributed by atoms with Crippen LogP contribution in [0.15, 0.2) is 258 Å². The lowest BCUT2D eigenvalue weighted by molar-refractivity contribution is -0.112. The first-order valence-electron chi connectivity index (χ1n) is 47.7. The monoisotopic (exact) mass is 2010 g/mol. The van der Waals surface area contributed by atoms with Crippen LogP contribution in [-0.4, -0.2) is 259 Å². The Hall–Kier alpha value is -17.8. The summed E-state index contributed by atoms with van der Waals surface area (Å²) in [6, 6.07) is 50.7. The molecule has 0 fully saturated rings. The second-order valence-electron chi connectivity index (χ2n) is 33.7. The van der Waals surface area contributed by atoms with Crippen LogP contribution >= 0.6 is 0 Å². The summed E-state index contributed by atoms with van der Waals surface area (Å²) in [5, 5.41) is 43.6. The van der Waals surface area contributed by atoms with Crippen molar-refractivity contribution >= 4 is 131 Å². The van der Waals surface area contributed by atoms with Gasteiger partial charge in [0.25, 0.3) is 0 Å². The van der Waals surface area contributed by atoms with E-state index in [0.717, 1.165) is 66.4 Å². The number of hydrogen-bond donors (Lipinski definition) is 9. The van der Waals surface area contributed by atoms with Crippen LogP contribution in [0.1, 0.15) is 27.7 Å². The average molecular weight is 2010 g/mol. The molecule has 40 heteroatoms. The van der Waals surface area contributed by atoms with Gasteiger partial charge >= 0.3 is 0 Å². The Balaban J connectivity index is 0.000000165. The molecule has 9 aromatic heterocycles. The molecular weight excluding hydrogens is 1890 g/mol. The van der Waals surface area contributed by atoms with Crippen LogP contribution in [0.25, 0.3) is 83.5 Å². The number of benzene rings is 7. The van der Waals surface area contributed by atoms with Gasteiger partial charge in [0, 0.05) is 127 Å². The topological polar surface area (TPSA) is 423 Å². The van der Waals surface area contributed by atoms with Crippen molar-refractivity contribution in [1.29, 1.82) is 0 Å². The molecule has 0 atom stereocenters. The number of aryl methyl sites for hydroxylation is 2. The number of hydrogen-bond acceptors (Lipinski definition) is 31. The summed E-state index contributed by atoms with van der Waals surface area (Å²) in [5.41, 5.74) is 13.9. The third kappa shape index (κ3) is 29.1. The summed E-state index contributed by atoms with van der Waals surface area (Å²) in [6.45, 7) is 27.8. The number of H-pyrrole nitrogens is 1. The molecule has 16 rings (SSSR count). The van der Waals surface area contributed by atoms with Gasteiger partial charge in [-0.15, -0.1) is 0 Å². The van der Waals surface area contributed by atoms with Gasteiger partial charge in [-0.05, 0) is 187 Å². The highest BCUT2D eigenvalue weighted by atomic mass is 19.1. The minimum absolute atomic E-state index is 0.261. The van der Waals surface area contributed by atoms with E-state index in [4.69, 9.17) is 47.9 Å². The lowest BCUT2D eigenvalue weighted by atomic mass is 10.1. The number of aromatic amines is 1. The van der Waals surface area contributed by atoms with E-state index >= 15 is 0 Å². The number of para-hydroxylation sites is 3. The number of carbonyl (C=O) groups is 4. The molecule has 9 heterocycles. The first-order chi connectivity index (χ1) is 71.8. The molecule has 9 N–H and O–H groups in total. The summed E-state index contributed by atoms with van der Waals surface area (Å²) in [5.74, 6) is 4.03. The highest BCUT2D eigenvalue weighted by molar-refractivity contribution is 6.04. The second kappa shape index (κ2) is 53.0. The lowest BCUT2D eigenvalue weighted by Crippen LogP contribution is -2.20. The van der Waals surface area contributed by atoms with E-state index in [1.54, 1.807) is 90.1 Å². The molecule has 4 amide bonds. The third-order valence-electron chi connectivity index (χ3n) is 21.9. The van der Waals surface area contributed by atoms with E-state index < -0.39 is 6.67 Å². The van der Waals surface area contributed by atoms with E-state index in [1.807, 2.05) is 242 Å². The zero-order valence-electron chi connectivity index (χ0n) is 85.0. The minimum atomic E-state index is -0.464. The molecule has 0 unspecified atom stereocenters. The number of rotatable bonds is 46. The fraction of sp³-hybridized carbons (Fsp3) is 0.250. The first-order valence-corrected chi connectivity index (χ1v) is 47.7. The average Bonchev–Trinajstić information content (AvgIpc) is 1.64. The van der Waals surface area contributed by atoms with Crippen molar-refractivity contribution in [3.63, 3.8) is 0 Å². The summed E-state index contributed by atoms with van der Waals surface area (Å²) in [6.07, 6.45) is 17.0. The van der Waals surface area contributed by atoms with Crippen LogP contribution < -0.4 is 80.4 Å². The summed E-state index contributed by atoms with van der Waals surface area (Å²) in [7, 11) is 17.6. The van der Waals surface area contributed by atoms with Gasteiger partial charge in [0.1, 0.15) is 90.5 Å². The predicted molar refractivity (Wildman–Crippen MR) is 579 cm³/mol. The molecule has 0 saturated carbocycles. The summed E-state index contributed by atoms with van der Waals surface area (Å²) < 4.78 is 66.0. The van der Waals surface area contributed by atoms with E-state index in [-0.39, 0.29) is 30.2 Å². The second-order valence-corrected chi connectivity index (χ2v) is 33.7. The molecule has 0 aliphatic heterocycles. The van der Waals surface area contributed by atoms with Crippen molar-refractivity contribution in [2.45, 2.75) is 34.2 Å². The number of nitrogens with zero attached hydrogens (tertiary/aromatic N) is 18. The van der Waals surface area contributed by atoms with Crippen LogP contribution in [0.3, 0.4) is 0 Å².